The topological polar surface area (TPSA) is 65.0 Å². The summed E-state index contributed by atoms with van der Waals surface area (Å²) in [6.45, 7) is 0. The molecule has 0 spiro atoms. The van der Waals surface area contributed by atoms with E-state index in [0.717, 1.165) is 12.1 Å². The maximum absolute atomic E-state index is 12.2. The lowest BCUT2D eigenvalue weighted by Crippen LogP contribution is -2.17. The van der Waals surface area contributed by atoms with Crippen molar-refractivity contribution in [1.82, 2.24) is 0 Å². The van der Waals surface area contributed by atoms with E-state index in [-0.39, 0.29) is 12.0 Å². The number of nitrogens with zero attached hydrogens (tertiary/aromatic N) is 1. The molecule has 2 unspecified atom stereocenters. The Kier molecular flexibility index (Phi) is 3.65. The number of ether oxygens (including phenoxy) is 2. The van der Waals surface area contributed by atoms with Crippen molar-refractivity contribution in [3.8, 4) is 5.75 Å². The summed E-state index contributed by atoms with van der Waals surface area (Å²) < 4.78 is 44.9. The highest BCUT2D eigenvalue weighted by Crippen LogP contribution is 2.44. The Morgan fingerprint density at radius 1 is 1.35 bits per heavy atom. The Hall–Kier alpha value is -2.12. The minimum absolute atomic E-state index is 0.0843. The summed E-state index contributed by atoms with van der Waals surface area (Å²) in [4.78, 5) is 22.3. The number of carbonyl (C=O) groups excluding carboxylic acids is 1. The van der Waals surface area contributed by atoms with Crippen molar-refractivity contribution in [2.24, 2.45) is 5.18 Å². The fourth-order valence-electron chi connectivity index (χ4n) is 2.30. The maximum Gasteiger partial charge on any atom is 0.573 e. The van der Waals surface area contributed by atoms with Crippen LogP contribution in [-0.2, 0) is 9.53 Å². The third-order valence-corrected chi connectivity index (χ3v) is 3.10. The Labute approximate surface area is 111 Å². The quantitative estimate of drug-likeness (QED) is 0.633. The van der Waals surface area contributed by atoms with Crippen molar-refractivity contribution >= 4 is 5.97 Å². The third-order valence-electron chi connectivity index (χ3n) is 3.10. The van der Waals surface area contributed by atoms with E-state index in [1.165, 1.54) is 13.2 Å². The Bertz CT molecular complexity index is 544. The summed E-state index contributed by atoms with van der Waals surface area (Å²) in [6, 6.07) is 2.72. The number of nitroso groups, excluding NO2 is 1. The summed E-state index contributed by atoms with van der Waals surface area (Å²) in [5, 5.41) is 2.88. The van der Waals surface area contributed by atoms with Gasteiger partial charge in [-0.2, -0.15) is 4.91 Å². The molecule has 1 aromatic rings. The largest absolute Gasteiger partial charge is 0.573 e. The highest BCUT2D eigenvalue weighted by molar-refractivity contribution is 5.80. The summed E-state index contributed by atoms with van der Waals surface area (Å²) >= 11 is 0. The van der Waals surface area contributed by atoms with Gasteiger partial charge in [0.05, 0.1) is 13.0 Å². The lowest BCUT2D eigenvalue weighted by atomic mass is 10.0. The first kappa shape index (κ1) is 14.3. The van der Waals surface area contributed by atoms with Crippen LogP contribution in [0.3, 0.4) is 0 Å². The normalized spacial score (nSPS) is 21.2. The average Bonchev–Trinajstić information content (AvgIpc) is 2.74. The molecule has 0 N–H and O–H groups in total. The van der Waals surface area contributed by atoms with Crippen LogP contribution in [0.2, 0.25) is 0 Å². The van der Waals surface area contributed by atoms with Crippen molar-refractivity contribution in [3.05, 3.63) is 34.2 Å². The number of esters is 1. The van der Waals surface area contributed by atoms with Gasteiger partial charge in [0.1, 0.15) is 11.8 Å². The molecule has 0 saturated heterocycles. The lowest BCUT2D eigenvalue weighted by molar-refractivity contribution is -0.274. The number of halogens is 3. The summed E-state index contributed by atoms with van der Waals surface area (Å²) in [5.41, 5.74) is 0.702. The van der Waals surface area contributed by atoms with Crippen LogP contribution in [-0.4, -0.2) is 19.4 Å². The molecule has 0 heterocycles. The van der Waals surface area contributed by atoms with Gasteiger partial charge in [-0.15, -0.1) is 13.2 Å². The summed E-state index contributed by atoms with van der Waals surface area (Å²) in [5.74, 6) is -1.88. The number of fused-ring (bicyclic) bond motifs is 1. The molecule has 0 bridgehead atoms. The Morgan fingerprint density at radius 2 is 2.05 bits per heavy atom. The van der Waals surface area contributed by atoms with Crippen molar-refractivity contribution in [3.63, 3.8) is 0 Å². The van der Waals surface area contributed by atoms with Crippen LogP contribution in [0, 0.1) is 4.91 Å². The zero-order valence-corrected chi connectivity index (χ0v) is 10.3. The number of hydrogen-bond donors (Lipinski definition) is 0. The minimum Gasteiger partial charge on any atom is -0.469 e. The van der Waals surface area contributed by atoms with Crippen LogP contribution in [0.5, 0.6) is 5.75 Å². The predicted octanol–water partition coefficient (Wildman–Crippen LogP) is 3.05. The van der Waals surface area contributed by atoms with Crippen molar-refractivity contribution in [1.29, 1.82) is 0 Å². The standard InChI is InChI=1S/C12H10F3NO4/c1-19-11(17)9-5-10(16-18)7-3-2-6(4-8(7)9)20-12(13,14)15/h2-4,9-10H,5H2,1H3. The van der Waals surface area contributed by atoms with Gasteiger partial charge in [0.25, 0.3) is 0 Å². The molecule has 2 rings (SSSR count). The van der Waals surface area contributed by atoms with Crippen molar-refractivity contribution in [2.45, 2.75) is 24.7 Å². The third kappa shape index (κ3) is 2.73. The zero-order chi connectivity index (χ0) is 14.9. The van der Waals surface area contributed by atoms with Crippen LogP contribution in [0.25, 0.3) is 0 Å². The predicted molar refractivity (Wildman–Crippen MR) is 61.0 cm³/mol. The van der Waals surface area contributed by atoms with E-state index in [2.05, 4.69) is 14.7 Å². The fraction of sp³-hybridized carbons (Fsp3) is 0.417. The molecular weight excluding hydrogens is 279 g/mol. The molecule has 5 nitrogen and oxygen atoms in total. The van der Waals surface area contributed by atoms with Gasteiger partial charge in [0, 0.05) is 0 Å². The molecule has 20 heavy (non-hydrogen) atoms. The SMILES string of the molecule is COC(=O)C1CC(N=O)c2ccc(OC(F)(F)F)cc21. The van der Waals surface area contributed by atoms with E-state index < -0.39 is 30.0 Å². The smallest absolute Gasteiger partial charge is 0.469 e. The first-order chi connectivity index (χ1) is 9.35. The summed E-state index contributed by atoms with van der Waals surface area (Å²) in [7, 11) is 1.17. The van der Waals surface area contributed by atoms with E-state index in [4.69, 9.17) is 0 Å². The van der Waals surface area contributed by atoms with Gasteiger partial charge in [0.2, 0.25) is 0 Å². The molecule has 1 aliphatic rings. The second-order valence-electron chi connectivity index (χ2n) is 4.27. The highest BCUT2D eigenvalue weighted by Gasteiger charge is 2.38. The Morgan fingerprint density at radius 3 is 2.60 bits per heavy atom. The van der Waals surface area contributed by atoms with Crippen molar-refractivity contribution in [2.75, 3.05) is 7.11 Å². The molecule has 8 heteroatoms. The molecular formula is C12H10F3NO4. The molecule has 0 amide bonds. The molecule has 0 saturated carbocycles. The van der Waals surface area contributed by atoms with Crippen LogP contribution in [0.1, 0.15) is 29.5 Å². The minimum atomic E-state index is -4.82. The number of alkyl halides is 3. The second-order valence-corrected chi connectivity index (χ2v) is 4.27. The van der Waals surface area contributed by atoms with E-state index >= 15 is 0 Å². The van der Waals surface area contributed by atoms with Gasteiger partial charge in [-0.1, -0.05) is 11.2 Å². The molecule has 1 aliphatic carbocycles. The van der Waals surface area contributed by atoms with Crippen LogP contribution >= 0.6 is 0 Å². The van der Waals surface area contributed by atoms with E-state index in [0.29, 0.717) is 5.56 Å². The molecule has 0 aromatic heterocycles. The number of carbonyl (C=O) groups is 1. The van der Waals surface area contributed by atoms with Gasteiger partial charge >= 0.3 is 12.3 Å². The molecule has 0 aliphatic heterocycles. The molecule has 0 fully saturated rings. The van der Waals surface area contributed by atoms with Crippen LogP contribution < -0.4 is 4.74 Å². The zero-order valence-electron chi connectivity index (χ0n) is 10.3. The Balaban J connectivity index is 2.39. The summed E-state index contributed by atoms with van der Waals surface area (Å²) in [6.07, 6.45) is -4.74. The van der Waals surface area contributed by atoms with E-state index in [9.17, 15) is 22.9 Å². The van der Waals surface area contributed by atoms with Crippen LogP contribution in [0.15, 0.2) is 23.4 Å². The lowest BCUT2D eigenvalue weighted by Gasteiger charge is -2.12. The van der Waals surface area contributed by atoms with E-state index in [1.807, 2.05) is 0 Å². The maximum atomic E-state index is 12.2. The monoisotopic (exact) mass is 289 g/mol. The first-order valence-electron chi connectivity index (χ1n) is 5.65. The fourth-order valence-corrected chi connectivity index (χ4v) is 2.30. The number of benzene rings is 1. The van der Waals surface area contributed by atoms with Gasteiger partial charge < -0.3 is 9.47 Å². The first-order valence-corrected chi connectivity index (χ1v) is 5.65. The average molecular weight is 289 g/mol. The van der Waals surface area contributed by atoms with Gasteiger partial charge in [-0.25, -0.2) is 0 Å². The van der Waals surface area contributed by atoms with Crippen LogP contribution in [0.4, 0.5) is 13.2 Å². The molecule has 2 atom stereocenters. The van der Waals surface area contributed by atoms with Crippen molar-refractivity contribution < 1.29 is 27.4 Å². The van der Waals surface area contributed by atoms with E-state index in [1.54, 1.807) is 0 Å². The van der Waals surface area contributed by atoms with Gasteiger partial charge in [-0.05, 0) is 29.7 Å². The molecule has 0 radical (unpaired) electrons. The highest BCUT2D eigenvalue weighted by atomic mass is 19.4. The number of methoxy groups -OCH3 is 1. The number of rotatable bonds is 3. The second kappa shape index (κ2) is 5.10. The van der Waals surface area contributed by atoms with Gasteiger partial charge in [0.15, 0.2) is 0 Å². The van der Waals surface area contributed by atoms with Gasteiger partial charge in [-0.3, -0.25) is 4.79 Å². The number of hydrogen-bond acceptors (Lipinski definition) is 5. The molecule has 108 valence electrons. The molecule has 1 aromatic carbocycles.